The first-order chi connectivity index (χ1) is 9.35. The van der Waals surface area contributed by atoms with Crippen LogP contribution in [0.2, 0.25) is 0 Å². The SMILES string of the molecule is CC(C)(C)NC(=O)CSC1=NC(=O)C2C=CC=CC2=N1. The lowest BCUT2D eigenvalue weighted by Crippen LogP contribution is -2.41. The monoisotopic (exact) mass is 291 g/mol. The molecule has 0 aromatic rings. The van der Waals surface area contributed by atoms with Crippen molar-refractivity contribution in [1.82, 2.24) is 5.32 Å². The summed E-state index contributed by atoms with van der Waals surface area (Å²) in [6, 6.07) is 0. The summed E-state index contributed by atoms with van der Waals surface area (Å²) in [5, 5.41) is 3.21. The van der Waals surface area contributed by atoms with E-state index in [4.69, 9.17) is 0 Å². The van der Waals surface area contributed by atoms with Crippen molar-refractivity contribution in [1.29, 1.82) is 0 Å². The van der Waals surface area contributed by atoms with Crippen molar-refractivity contribution in [3.05, 3.63) is 24.3 Å². The first kappa shape index (κ1) is 14.7. The molecular weight excluding hydrogens is 274 g/mol. The van der Waals surface area contributed by atoms with Gasteiger partial charge in [0.15, 0.2) is 5.17 Å². The van der Waals surface area contributed by atoms with Crippen LogP contribution in [0.15, 0.2) is 34.3 Å². The molecule has 0 aromatic carbocycles. The molecule has 2 aliphatic rings. The van der Waals surface area contributed by atoms with Gasteiger partial charge in [-0.1, -0.05) is 30.0 Å². The molecule has 1 aliphatic heterocycles. The van der Waals surface area contributed by atoms with Crippen molar-refractivity contribution in [2.24, 2.45) is 15.9 Å². The second-order valence-corrected chi connectivity index (χ2v) is 6.52. The van der Waals surface area contributed by atoms with Crippen LogP contribution in [0.5, 0.6) is 0 Å². The van der Waals surface area contributed by atoms with Crippen molar-refractivity contribution in [3.63, 3.8) is 0 Å². The van der Waals surface area contributed by atoms with E-state index in [1.165, 1.54) is 11.8 Å². The van der Waals surface area contributed by atoms with E-state index < -0.39 is 0 Å². The fourth-order valence-electron chi connectivity index (χ4n) is 1.80. The molecule has 0 spiro atoms. The normalized spacial score (nSPS) is 21.1. The number of carbonyl (C=O) groups is 2. The quantitative estimate of drug-likeness (QED) is 0.842. The van der Waals surface area contributed by atoms with Crippen molar-refractivity contribution in [2.75, 3.05) is 5.75 Å². The van der Waals surface area contributed by atoms with Crippen molar-refractivity contribution >= 4 is 34.5 Å². The molecule has 0 fully saturated rings. The lowest BCUT2D eigenvalue weighted by atomic mass is 9.97. The first-order valence-electron chi connectivity index (χ1n) is 6.35. The van der Waals surface area contributed by atoms with Crippen LogP contribution in [0.25, 0.3) is 0 Å². The van der Waals surface area contributed by atoms with E-state index in [9.17, 15) is 9.59 Å². The van der Waals surface area contributed by atoms with Gasteiger partial charge < -0.3 is 5.32 Å². The number of hydrogen-bond acceptors (Lipinski definition) is 4. The maximum atomic E-state index is 11.8. The van der Waals surface area contributed by atoms with E-state index >= 15 is 0 Å². The third kappa shape index (κ3) is 3.90. The molecule has 0 saturated heterocycles. The lowest BCUT2D eigenvalue weighted by molar-refractivity contribution is -0.120. The zero-order valence-corrected chi connectivity index (χ0v) is 12.5. The minimum absolute atomic E-state index is 0.0981. The second kappa shape index (κ2) is 5.75. The van der Waals surface area contributed by atoms with E-state index in [1.54, 1.807) is 12.2 Å². The Morgan fingerprint density at radius 2 is 2.10 bits per heavy atom. The van der Waals surface area contributed by atoms with Crippen LogP contribution in [0.4, 0.5) is 0 Å². The molecule has 1 heterocycles. The number of fused-ring (bicyclic) bond motifs is 1. The lowest BCUT2D eigenvalue weighted by Gasteiger charge is -2.20. The Labute approximate surface area is 122 Å². The van der Waals surface area contributed by atoms with Crippen LogP contribution in [-0.4, -0.2) is 34.0 Å². The third-order valence-corrected chi connectivity index (χ3v) is 3.39. The minimum atomic E-state index is -0.368. The van der Waals surface area contributed by atoms with Crippen molar-refractivity contribution in [2.45, 2.75) is 26.3 Å². The highest BCUT2D eigenvalue weighted by Crippen LogP contribution is 2.20. The van der Waals surface area contributed by atoms with E-state index in [0.29, 0.717) is 10.9 Å². The van der Waals surface area contributed by atoms with E-state index in [-0.39, 0.29) is 29.0 Å². The summed E-state index contributed by atoms with van der Waals surface area (Å²) in [7, 11) is 0. The highest BCUT2D eigenvalue weighted by Gasteiger charge is 2.26. The number of thioether (sulfide) groups is 1. The van der Waals surface area contributed by atoms with Gasteiger partial charge >= 0.3 is 0 Å². The molecule has 6 heteroatoms. The van der Waals surface area contributed by atoms with E-state index in [0.717, 1.165) is 0 Å². The van der Waals surface area contributed by atoms with Crippen molar-refractivity contribution in [3.8, 4) is 0 Å². The number of aliphatic imine (C=N–C) groups is 2. The zero-order chi connectivity index (χ0) is 14.8. The average Bonchev–Trinajstić information content (AvgIpc) is 2.34. The van der Waals surface area contributed by atoms with Crippen LogP contribution in [0.3, 0.4) is 0 Å². The van der Waals surface area contributed by atoms with Gasteiger partial charge in [0.25, 0.3) is 5.91 Å². The topological polar surface area (TPSA) is 70.9 Å². The molecule has 0 radical (unpaired) electrons. The second-order valence-electron chi connectivity index (χ2n) is 5.58. The Morgan fingerprint density at radius 3 is 2.80 bits per heavy atom. The number of amides is 2. The summed E-state index contributed by atoms with van der Waals surface area (Å²) in [5.74, 6) is -0.495. The first-order valence-corrected chi connectivity index (χ1v) is 7.33. The van der Waals surface area contributed by atoms with E-state index in [2.05, 4.69) is 15.3 Å². The van der Waals surface area contributed by atoms with Gasteiger partial charge in [-0.3, -0.25) is 9.59 Å². The third-order valence-electron chi connectivity index (χ3n) is 2.54. The number of allylic oxidation sites excluding steroid dienone is 3. The van der Waals surface area contributed by atoms with Gasteiger partial charge in [-0.05, 0) is 26.8 Å². The minimum Gasteiger partial charge on any atom is -0.351 e. The highest BCUT2D eigenvalue weighted by atomic mass is 32.2. The predicted molar refractivity (Wildman–Crippen MR) is 82.0 cm³/mol. The molecule has 1 atom stereocenters. The summed E-state index contributed by atoms with van der Waals surface area (Å²) in [4.78, 5) is 31.8. The Hall–Kier alpha value is -1.69. The largest absolute Gasteiger partial charge is 0.351 e. The fourth-order valence-corrected chi connectivity index (χ4v) is 2.45. The fraction of sp³-hybridized carbons (Fsp3) is 0.429. The van der Waals surface area contributed by atoms with Crippen LogP contribution < -0.4 is 5.32 Å². The number of carbonyl (C=O) groups excluding carboxylic acids is 2. The Bertz CT molecular complexity index is 553. The summed E-state index contributed by atoms with van der Waals surface area (Å²) in [6.07, 6.45) is 7.22. The summed E-state index contributed by atoms with van der Waals surface area (Å²) in [5.41, 5.74) is 0.418. The molecular formula is C14H17N3O2S. The maximum absolute atomic E-state index is 11.8. The average molecular weight is 291 g/mol. The van der Waals surface area contributed by atoms with Crippen LogP contribution in [0, 0.1) is 5.92 Å². The van der Waals surface area contributed by atoms with Gasteiger partial charge in [0.05, 0.1) is 11.5 Å². The smallest absolute Gasteiger partial charge is 0.261 e. The highest BCUT2D eigenvalue weighted by molar-refractivity contribution is 8.14. The van der Waals surface area contributed by atoms with Crippen LogP contribution in [0.1, 0.15) is 20.8 Å². The van der Waals surface area contributed by atoms with Gasteiger partial charge in [-0.2, -0.15) is 4.99 Å². The number of rotatable bonds is 2. The molecule has 2 amide bonds. The molecule has 106 valence electrons. The molecule has 5 nitrogen and oxygen atoms in total. The maximum Gasteiger partial charge on any atom is 0.261 e. The van der Waals surface area contributed by atoms with Crippen LogP contribution in [-0.2, 0) is 9.59 Å². The predicted octanol–water partition coefficient (Wildman–Crippen LogP) is 1.71. The van der Waals surface area contributed by atoms with Gasteiger partial charge in [-0.25, -0.2) is 4.99 Å². The molecule has 0 aromatic heterocycles. The zero-order valence-electron chi connectivity index (χ0n) is 11.7. The molecule has 1 N–H and O–H groups in total. The summed E-state index contributed by atoms with van der Waals surface area (Å²) < 4.78 is 0. The van der Waals surface area contributed by atoms with Crippen LogP contribution >= 0.6 is 11.8 Å². The number of nitrogens with zero attached hydrogens (tertiary/aromatic N) is 2. The van der Waals surface area contributed by atoms with E-state index in [1.807, 2.05) is 32.9 Å². The Morgan fingerprint density at radius 1 is 1.35 bits per heavy atom. The Kier molecular flexibility index (Phi) is 4.23. The standard InChI is InChI=1S/C14H17N3O2S/c1-14(2,3)17-11(18)8-20-13-15-10-7-5-4-6-9(10)12(19)16-13/h4-7,9H,8H2,1-3H3,(H,17,18). The van der Waals surface area contributed by atoms with Gasteiger partial charge in [-0.15, -0.1) is 0 Å². The molecule has 2 rings (SSSR count). The van der Waals surface area contributed by atoms with Gasteiger partial charge in [0.1, 0.15) is 5.92 Å². The van der Waals surface area contributed by atoms with Gasteiger partial charge in [0, 0.05) is 5.54 Å². The molecule has 1 unspecified atom stereocenters. The molecule has 1 aliphatic carbocycles. The Balaban J connectivity index is 1.96. The number of nitrogens with one attached hydrogen (secondary N) is 1. The van der Waals surface area contributed by atoms with Gasteiger partial charge in [0.2, 0.25) is 5.91 Å². The summed E-state index contributed by atoms with van der Waals surface area (Å²) >= 11 is 1.18. The number of hydrogen-bond donors (Lipinski definition) is 1. The molecule has 0 saturated carbocycles. The van der Waals surface area contributed by atoms with Crippen molar-refractivity contribution < 1.29 is 9.59 Å². The molecule has 20 heavy (non-hydrogen) atoms. The summed E-state index contributed by atoms with van der Waals surface area (Å²) in [6.45, 7) is 5.75. The number of amidine groups is 1. The molecule has 0 bridgehead atoms.